The van der Waals surface area contributed by atoms with Crippen LogP contribution < -0.4 is 0 Å². The first-order valence-corrected chi connectivity index (χ1v) is 7.83. The fourth-order valence-corrected chi connectivity index (χ4v) is 3.12. The number of ether oxygens (including phenoxy) is 1. The molecule has 1 amide bonds. The van der Waals surface area contributed by atoms with E-state index in [-0.39, 0.29) is 12.0 Å². The first-order valence-electron chi connectivity index (χ1n) is 6.89. The molecule has 0 bridgehead atoms. The van der Waals surface area contributed by atoms with Gasteiger partial charge in [0.25, 0.3) is 5.91 Å². The van der Waals surface area contributed by atoms with Gasteiger partial charge in [-0.25, -0.2) is 9.97 Å². The van der Waals surface area contributed by atoms with Gasteiger partial charge in [0.1, 0.15) is 11.9 Å². The number of rotatable bonds is 2. The molecular formula is C15H17N3O2S. The Morgan fingerprint density at radius 1 is 1.43 bits per heavy atom. The van der Waals surface area contributed by atoms with Crippen LogP contribution in [0.4, 0.5) is 0 Å². The molecule has 5 nitrogen and oxygen atoms in total. The van der Waals surface area contributed by atoms with Gasteiger partial charge in [-0.3, -0.25) is 4.79 Å². The lowest BCUT2D eigenvalue weighted by Gasteiger charge is -2.32. The van der Waals surface area contributed by atoms with E-state index >= 15 is 0 Å². The zero-order valence-corrected chi connectivity index (χ0v) is 12.9. The summed E-state index contributed by atoms with van der Waals surface area (Å²) in [4.78, 5) is 23.0. The number of carbonyl (C=O) groups excluding carboxylic acids is 1. The van der Waals surface area contributed by atoms with Crippen molar-refractivity contribution in [3.63, 3.8) is 0 Å². The molecule has 0 aromatic carbocycles. The number of carbonyl (C=O) groups is 1. The van der Waals surface area contributed by atoms with Gasteiger partial charge >= 0.3 is 0 Å². The van der Waals surface area contributed by atoms with Gasteiger partial charge in [-0.05, 0) is 31.4 Å². The van der Waals surface area contributed by atoms with Gasteiger partial charge in [0.2, 0.25) is 0 Å². The van der Waals surface area contributed by atoms with E-state index in [2.05, 4.69) is 9.97 Å². The number of nitrogens with zero attached hydrogens (tertiary/aromatic N) is 3. The lowest BCUT2D eigenvalue weighted by molar-refractivity contribution is -0.0248. The summed E-state index contributed by atoms with van der Waals surface area (Å²) in [5.74, 6) is 0.793. The van der Waals surface area contributed by atoms with E-state index in [9.17, 15) is 4.79 Å². The van der Waals surface area contributed by atoms with Gasteiger partial charge in [-0.2, -0.15) is 11.3 Å². The minimum Gasteiger partial charge on any atom is -0.368 e. The molecule has 3 rings (SSSR count). The van der Waals surface area contributed by atoms with Crippen LogP contribution in [0.1, 0.15) is 33.7 Å². The summed E-state index contributed by atoms with van der Waals surface area (Å²) in [5, 5.41) is 3.80. The molecule has 0 spiro atoms. The van der Waals surface area contributed by atoms with Crippen LogP contribution in [0.3, 0.4) is 0 Å². The Balaban J connectivity index is 1.78. The highest BCUT2D eigenvalue weighted by molar-refractivity contribution is 7.08. The highest BCUT2D eigenvalue weighted by Crippen LogP contribution is 2.23. The van der Waals surface area contributed by atoms with Crippen LogP contribution in [-0.2, 0) is 4.74 Å². The molecule has 21 heavy (non-hydrogen) atoms. The molecule has 1 atom stereocenters. The summed E-state index contributed by atoms with van der Waals surface area (Å²) in [6.45, 7) is 5.49. The van der Waals surface area contributed by atoms with Crippen molar-refractivity contribution < 1.29 is 9.53 Å². The molecule has 0 radical (unpaired) electrons. The maximum absolute atomic E-state index is 12.4. The van der Waals surface area contributed by atoms with Crippen LogP contribution >= 0.6 is 11.3 Å². The molecule has 3 heterocycles. The molecule has 2 aromatic heterocycles. The van der Waals surface area contributed by atoms with Crippen LogP contribution in [-0.4, -0.2) is 40.5 Å². The molecule has 1 fully saturated rings. The van der Waals surface area contributed by atoms with Crippen molar-refractivity contribution in [1.82, 2.24) is 14.9 Å². The Morgan fingerprint density at radius 2 is 2.29 bits per heavy atom. The molecule has 0 aliphatic carbocycles. The summed E-state index contributed by atoms with van der Waals surface area (Å²) >= 11 is 1.53. The predicted molar refractivity (Wildman–Crippen MR) is 80.4 cm³/mol. The molecule has 2 aromatic rings. The maximum Gasteiger partial charge on any atom is 0.254 e. The minimum absolute atomic E-state index is 0.0621. The molecule has 0 saturated carbocycles. The van der Waals surface area contributed by atoms with Crippen molar-refractivity contribution in [2.45, 2.75) is 20.0 Å². The third-order valence-corrected chi connectivity index (χ3v) is 4.12. The second-order valence-corrected chi connectivity index (χ2v) is 5.88. The summed E-state index contributed by atoms with van der Waals surface area (Å²) in [6.07, 6.45) is -0.179. The molecule has 1 aliphatic rings. The van der Waals surface area contributed by atoms with Crippen molar-refractivity contribution >= 4 is 17.2 Å². The van der Waals surface area contributed by atoms with E-state index in [0.717, 1.165) is 22.8 Å². The summed E-state index contributed by atoms with van der Waals surface area (Å²) in [7, 11) is 0. The van der Waals surface area contributed by atoms with Crippen LogP contribution in [0, 0.1) is 13.8 Å². The first kappa shape index (κ1) is 14.2. The summed E-state index contributed by atoms with van der Waals surface area (Å²) in [6, 6.07) is 3.78. The molecule has 0 unspecified atom stereocenters. The standard InChI is InChI=1S/C15H17N3O2S/c1-10-7-13(17-11(2)16-10)14-8-18(4-5-20-14)15(19)12-3-6-21-9-12/h3,6-7,9,14H,4-5,8H2,1-2H3/t14-/m0/s1. The second kappa shape index (κ2) is 5.91. The van der Waals surface area contributed by atoms with Crippen molar-refractivity contribution in [2.75, 3.05) is 19.7 Å². The van der Waals surface area contributed by atoms with Gasteiger partial charge in [0.15, 0.2) is 0 Å². The van der Waals surface area contributed by atoms with Crippen molar-refractivity contribution in [1.29, 1.82) is 0 Å². The lowest BCUT2D eigenvalue weighted by Crippen LogP contribution is -2.42. The highest BCUT2D eigenvalue weighted by atomic mass is 32.1. The minimum atomic E-state index is -0.179. The van der Waals surface area contributed by atoms with E-state index in [1.807, 2.05) is 41.6 Å². The fourth-order valence-electron chi connectivity index (χ4n) is 2.49. The Hall–Kier alpha value is -1.79. The van der Waals surface area contributed by atoms with Crippen molar-refractivity contribution in [3.05, 3.63) is 45.7 Å². The predicted octanol–water partition coefficient (Wildman–Crippen LogP) is 2.37. The van der Waals surface area contributed by atoms with E-state index in [1.54, 1.807) is 0 Å². The molecule has 1 aliphatic heterocycles. The van der Waals surface area contributed by atoms with Gasteiger partial charge in [-0.15, -0.1) is 0 Å². The zero-order chi connectivity index (χ0) is 14.8. The molecule has 1 saturated heterocycles. The first-order chi connectivity index (χ1) is 10.1. The maximum atomic E-state index is 12.4. The lowest BCUT2D eigenvalue weighted by atomic mass is 10.1. The van der Waals surface area contributed by atoms with Crippen molar-refractivity contribution in [3.8, 4) is 0 Å². The number of morpholine rings is 1. The number of amides is 1. The van der Waals surface area contributed by atoms with Gasteiger partial charge in [0.05, 0.1) is 24.4 Å². The number of aromatic nitrogens is 2. The molecule has 110 valence electrons. The van der Waals surface area contributed by atoms with E-state index in [4.69, 9.17) is 4.74 Å². The Labute approximate surface area is 127 Å². The zero-order valence-electron chi connectivity index (χ0n) is 12.1. The quantitative estimate of drug-likeness (QED) is 0.854. The second-order valence-electron chi connectivity index (χ2n) is 5.10. The van der Waals surface area contributed by atoms with Crippen LogP contribution in [0.5, 0.6) is 0 Å². The third kappa shape index (κ3) is 3.11. The average Bonchev–Trinajstić information content (AvgIpc) is 3.00. The van der Waals surface area contributed by atoms with Gasteiger partial charge in [-0.1, -0.05) is 0 Å². The SMILES string of the molecule is Cc1cc([C@@H]2CN(C(=O)c3ccsc3)CCO2)nc(C)n1. The van der Waals surface area contributed by atoms with Gasteiger partial charge < -0.3 is 9.64 Å². The molecular weight excluding hydrogens is 286 g/mol. The monoisotopic (exact) mass is 303 g/mol. The number of aryl methyl sites for hydroxylation is 2. The van der Waals surface area contributed by atoms with Crippen LogP contribution in [0.25, 0.3) is 0 Å². The van der Waals surface area contributed by atoms with Gasteiger partial charge in [0, 0.05) is 17.6 Å². The summed E-state index contributed by atoms with van der Waals surface area (Å²) in [5.41, 5.74) is 2.51. The van der Waals surface area contributed by atoms with E-state index in [0.29, 0.717) is 19.7 Å². The van der Waals surface area contributed by atoms with E-state index in [1.165, 1.54) is 11.3 Å². The topological polar surface area (TPSA) is 55.3 Å². The number of hydrogen-bond acceptors (Lipinski definition) is 5. The number of thiophene rings is 1. The van der Waals surface area contributed by atoms with Crippen LogP contribution in [0.2, 0.25) is 0 Å². The largest absolute Gasteiger partial charge is 0.368 e. The smallest absolute Gasteiger partial charge is 0.254 e. The Morgan fingerprint density at radius 3 is 3.00 bits per heavy atom. The van der Waals surface area contributed by atoms with Crippen molar-refractivity contribution in [2.24, 2.45) is 0 Å². The normalized spacial score (nSPS) is 18.8. The van der Waals surface area contributed by atoms with E-state index < -0.39 is 0 Å². The summed E-state index contributed by atoms with van der Waals surface area (Å²) < 4.78 is 5.79. The average molecular weight is 303 g/mol. The molecule has 0 N–H and O–H groups in total. The third-order valence-electron chi connectivity index (χ3n) is 3.44. The Kier molecular flexibility index (Phi) is 3.98. The van der Waals surface area contributed by atoms with Crippen LogP contribution in [0.15, 0.2) is 22.9 Å². The fraction of sp³-hybridized carbons (Fsp3) is 0.400. The Bertz CT molecular complexity index is 622. The molecule has 6 heteroatoms. The highest BCUT2D eigenvalue weighted by Gasteiger charge is 2.27. The number of hydrogen-bond donors (Lipinski definition) is 0.